The number of aliphatic imine (C=N–C) groups is 1. The molecule has 1 fully saturated rings. The van der Waals surface area contributed by atoms with E-state index in [0.29, 0.717) is 18.7 Å². The maximum Gasteiger partial charge on any atom is 0.227 e. The standard InChI is InChI=1S/C25H33N5O2/c1-2-26-25(29-18-16-28(17-19-29)22-10-5-6-11-23(22)31)27-14-7-12-24(32)30-15-13-20-8-3-4-9-21(20)30/h3-6,8-11,31H,2,7,12-19H2,1H3,(H,26,27). The third-order valence-corrected chi connectivity index (χ3v) is 6.14. The van der Waals surface area contributed by atoms with Crippen LogP contribution in [0.25, 0.3) is 0 Å². The summed E-state index contributed by atoms with van der Waals surface area (Å²) < 4.78 is 0. The summed E-state index contributed by atoms with van der Waals surface area (Å²) in [5.41, 5.74) is 3.21. The summed E-state index contributed by atoms with van der Waals surface area (Å²) in [5.74, 6) is 1.42. The van der Waals surface area contributed by atoms with E-state index in [2.05, 4.69) is 28.1 Å². The number of amides is 1. The van der Waals surface area contributed by atoms with Gasteiger partial charge in [0.05, 0.1) is 5.69 Å². The Balaban J connectivity index is 1.27. The zero-order valence-corrected chi connectivity index (χ0v) is 18.8. The Morgan fingerprint density at radius 3 is 2.47 bits per heavy atom. The third kappa shape index (κ3) is 4.98. The van der Waals surface area contributed by atoms with Crippen molar-refractivity contribution in [2.45, 2.75) is 26.2 Å². The number of nitrogens with zero attached hydrogens (tertiary/aromatic N) is 4. The first-order valence-corrected chi connectivity index (χ1v) is 11.6. The zero-order chi connectivity index (χ0) is 22.3. The molecular weight excluding hydrogens is 402 g/mol. The maximum absolute atomic E-state index is 12.7. The highest BCUT2D eigenvalue weighted by atomic mass is 16.3. The highest BCUT2D eigenvalue weighted by molar-refractivity contribution is 5.95. The van der Waals surface area contributed by atoms with E-state index in [9.17, 15) is 9.90 Å². The van der Waals surface area contributed by atoms with Crippen molar-refractivity contribution in [2.24, 2.45) is 4.99 Å². The second kappa shape index (κ2) is 10.4. The van der Waals surface area contributed by atoms with Crippen LogP contribution in [0.1, 0.15) is 25.3 Å². The number of fused-ring (bicyclic) bond motifs is 1. The summed E-state index contributed by atoms with van der Waals surface area (Å²) in [6.45, 7) is 7.62. The van der Waals surface area contributed by atoms with Gasteiger partial charge in [-0.05, 0) is 43.5 Å². The number of phenolic OH excluding ortho intramolecular Hbond substituents is 1. The number of hydrogen-bond donors (Lipinski definition) is 2. The van der Waals surface area contributed by atoms with Gasteiger partial charge in [-0.25, -0.2) is 0 Å². The van der Waals surface area contributed by atoms with Gasteiger partial charge in [0.15, 0.2) is 5.96 Å². The van der Waals surface area contributed by atoms with Crippen LogP contribution >= 0.6 is 0 Å². The fourth-order valence-electron chi connectivity index (χ4n) is 4.46. The van der Waals surface area contributed by atoms with Gasteiger partial charge in [0.2, 0.25) is 5.91 Å². The lowest BCUT2D eigenvalue weighted by molar-refractivity contribution is -0.118. The largest absolute Gasteiger partial charge is 0.506 e. The minimum atomic E-state index is 0.187. The number of para-hydroxylation sites is 3. The van der Waals surface area contributed by atoms with Gasteiger partial charge in [-0.1, -0.05) is 30.3 Å². The second-order valence-corrected chi connectivity index (χ2v) is 8.23. The van der Waals surface area contributed by atoms with Crippen LogP contribution in [0.15, 0.2) is 53.5 Å². The molecule has 170 valence electrons. The Morgan fingerprint density at radius 1 is 1.00 bits per heavy atom. The normalized spacial score (nSPS) is 16.3. The van der Waals surface area contributed by atoms with Crippen molar-refractivity contribution >= 4 is 23.2 Å². The van der Waals surface area contributed by atoms with Gasteiger partial charge in [0.25, 0.3) is 0 Å². The van der Waals surface area contributed by atoms with Gasteiger partial charge in [-0.2, -0.15) is 0 Å². The lowest BCUT2D eigenvalue weighted by Crippen LogP contribution is -2.52. The highest BCUT2D eigenvalue weighted by Gasteiger charge is 2.24. The summed E-state index contributed by atoms with van der Waals surface area (Å²) in [6, 6.07) is 15.7. The van der Waals surface area contributed by atoms with Crippen LogP contribution in [0.4, 0.5) is 11.4 Å². The average molecular weight is 436 g/mol. The lowest BCUT2D eigenvalue weighted by atomic mass is 10.2. The highest BCUT2D eigenvalue weighted by Crippen LogP contribution is 2.28. The number of nitrogens with one attached hydrogen (secondary N) is 1. The Kier molecular flexibility index (Phi) is 7.14. The maximum atomic E-state index is 12.7. The molecule has 4 rings (SSSR count). The van der Waals surface area contributed by atoms with Crippen molar-refractivity contribution in [3.8, 4) is 5.75 Å². The van der Waals surface area contributed by atoms with Crippen LogP contribution in [-0.2, 0) is 11.2 Å². The van der Waals surface area contributed by atoms with Crippen LogP contribution in [0.5, 0.6) is 5.75 Å². The van der Waals surface area contributed by atoms with Crippen LogP contribution in [0.2, 0.25) is 0 Å². The average Bonchev–Trinajstić information content (AvgIpc) is 3.26. The van der Waals surface area contributed by atoms with Gasteiger partial charge >= 0.3 is 0 Å². The van der Waals surface area contributed by atoms with E-state index in [0.717, 1.165) is 69.4 Å². The molecule has 0 radical (unpaired) electrons. The molecule has 2 N–H and O–H groups in total. The second-order valence-electron chi connectivity index (χ2n) is 8.23. The van der Waals surface area contributed by atoms with Gasteiger partial charge in [-0.15, -0.1) is 0 Å². The first kappa shape index (κ1) is 22.0. The molecule has 0 bridgehead atoms. The number of rotatable bonds is 6. The van der Waals surface area contributed by atoms with E-state index in [1.807, 2.05) is 41.3 Å². The van der Waals surface area contributed by atoms with Crippen LogP contribution in [0, 0.1) is 0 Å². The molecule has 7 nitrogen and oxygen atoms in total. The number of guanidine groups is 1. The van der Waals surface area contributed by atoms with Crippen molar-refractivity contribution in [1.82, 2.24) is 10.2 Å². The van der Waals surface area contributed by atoms with E-state index in [-0.39, 0.29) is 5.91 Å². The monoisotopic (exact) mass is 435 g/mol. The molecule has 7 heteroatoms. The van der Waals surface area contributed by atoms with E-state index >= 15 is 0 Å². The van der Waals surface area contributed by atoms with Gasteiger partial charge < -0.3 is 25.1 Å². The predicted octanol–water partition coefficient (Wildman–Crippen LogP) is 2.85. The van der Waals surface area contributed by atoms with Gasteiger partial charge in [0, 0.05) is 57.9 Å². The molecule has 2 aromatic carbocycles. The number of carbonyl (C=O) groups is 1. The first-order valence-electron chi connectivity index (χ1n) is 11.6. The number of anilines is 2. The summed E-state index contributed by atoms with van der Waals surface area (Å²) >= 11 is 0. The number of benzene rings is 2. The summed E-state index contributed by atoms with van der Waals surface area (Å²) in [5, 5.41) is 13.5. The topological polar surface area (TPSA) is 71.4 Å². The third-order valence-electron chi connectivity index (χ3n) is 6.14. The van der Waals surface area contributed by atoms with Crippen LogP contribution in [0.3, 0.4) is 0 Å². The summed E-state index contributed by atoms with van der Waals surface area (Å²) in [4.78, 5) is 23.9. The molecule has 0 spiro atoms. The molecular formula is C25H33N5O2. The molecule has 0 aromatic heterocycles. The molecule has 1 saturated heterocycles. The van der Waals surface area contributed by atoms with Crippen LogP contribution in [-0.4, -0.2) is 67.7 Å². The molecule has 0 aliphatic carbocycles. The van der Waals surface area contributed by atoms with Crippen molar-refractivity contribution in [3.63, 3.8) is 0 Å². The fraction of sp³-hybridized carbons (Fsp3) is 0.440. The molecule has 0 saturated carbocycles. The quantitative estimate of drug-likeness (QED) is 0.415. The molecule has 2 aromatic rings. The van der Waals surface area contributed by atoms with E-state index in [1.54, 1.807) is 6.07 Å². The minimum absolute atomic E-state index is 0.187. The zero-order valence-electron chi connectivity index (χ0n) is 18.8. The van der Waals surface area contributed by atoms with E-state index in [1.165, 1.54) is 5.56 Å². The summed E-state index contributed by atoms with van der Waals surface area (Å²) in [6.07, 6.45) is 2.19. The number of phenols is 1. The Hall–Kier alpha value is -3.22. The Morgan fingerprint density at radius 2 is 1.72 bits per heavy atom. The SMILES string of the molecule is CCNC(=NCCCC(=O)N1CCc2ccccc21)N1CCN(c2ccccc2O)CC1. The van der Waals surface area contributed by atoms with Crippen molar-refractivity contribution in [2.75, 3.05) is 55.6 Å². The number of piperazine rings is 1. The van der Waals surface area contributed by atoms with Crippen molar-refractivity contribution in [1.29, 1.82) is 0 Å². The molecule has 0 atom stereocenters. The lowest BCUT2D eigenvalue weighted by Gasteiger charge is -2.37. The molecule has 0 unspecified atom stereocenters. The number of hydrogen-bond acceptors (Lipinski definition) is 4. The summed E-state index contributed by atoms with van der Waals surface area (Å²) in [7, 11) is 0. The van der Waals surface area contributed by atoms with Crippen LogP contribution < -0.4 is 15.1 Å². The van der Waals surface area contributed by atoms with E-state index in [4.69, 9.17) is 4.99 Å². The Bertz CT molecular complexity index is 953. The Labute approximate surface area is 190 Å². The van der Waals surface area contributed by atoms with Gasteiger partial charge in [-0.3, -0.25) is 9.79 Å². The van der Waals surface area contributed by atoms with Crippen molar-refractivity contribution < 1.29 is 9.90 Å². The van der Waals surface area contributed by atoms with E-state index < -0.39 is 0 Å². The molecule has 2 heterocycles. The molecule has 32 heavy (non-hydrogen) atoms. The number of aromatic hydroxyl groups is 1. The van der Waals surface area contributed by atoms with Crippen molar-refractivity contribution in [3.05, 3.63) is 54.1 Å². The first-order chi connectivity index (χ1) is 15.7. The molecule has 2 aliphatic rings. The fourth-order valence-corrected chi connectivity index (χ4v) is 4.46. The molecule has 2 aliphatic heterocycles. The minimum Gasteiger partial charge on any atom is -0.506 e. The smallest absolute Gasteiger partial charge is 0.227 e. The number of carbonyl (C=O) groups excluding carboxylic acids is 1. The molecule has 1 amide bonds. The van der Waals surface area contributed by atoms with Gasteiger partial charge in [0.1, 0.15) is 5.75 Å². The predicted molar refractivity (Wildman–Crippen MR) is 130 cm³/mol.